The number of nitrogens with zero attached hydrogens (tertiary/aromatic N) is 4. The second kappa shape index (κ2) is 10.9. The van der Waals surface area contributed by atoms with Gasteiger partial charge in [0.25, 0.3) is 5.91 Å². The number of benzene rings is 2. The van der Waals surface area contributed by atoms with Crippen molar-refractivity contribution in [3.63, 3.8) is 0 Å². The van der Waals surface area contributed by atoms with Gasteiger partial charge in [0.2, 0.25) is 5.72 Å². The molecule has 2 atom stereocenters. The first-order valence-corrected chi connectivity index (χ1v) is 14.5. The number of rotatable bonds is 8. The molecule has 1 saturated carbocycles. The molecular weight excluding hydrogens is 598 g/mol. The number of imidazole rings is 1. The van der Waals surface area contributed by atoms with Gasteiger partial charge in [0, 0.05) is 36.1 Å². The predicted molar refractivity (Wildman–Crippen MR) is 156 cm³/mol. The number of aryl methyl sites for hydroxylation is 1. The van der Waals surface area contributed by atoms with E-state index in [0.29, 0.717) is 16.3 Å². The van der Waals surface area contributed by atoms with E-state index in [4.69, 9.17) is 27.9 Å². The van der Waals surface area contributed by atoms with Gasteiger partial charge in [0.05, 0.1) is 46.9 Å². The smallest absolute Gasteiger partial charge is 0.257 e. The summed E-state index contributed by atoms with van der Waals surface area (Å²) in [5.74, 6) is -1.65. The molecule has 43 heavy (non-hydrogen) atoms. The van der Waals surface area contributed by atoms with Crippen LogP contribution < -0.4 is 0 Å². The lowest BCUT2D eigenvalue weighted by Crippen LogP contribution is -2.51. The fourth-order valence-electron chi connectivity index (χ4n) is 5.89. The van der Waals surface area contributed by atoms with Gasteiger partial charge >= 0.3 is 0 Å². The average Bonchev–Trinajstić information content (AvgIpc) is 3.50. The van der Waals surface area contributed by atoms with Crippen LogP contribution in [0, 0.1) is 5.82 Å². The van der Waals surface area contributed by atoms with E-state index in [9.17, 15) is 20.1 Å². The Bertz CT molecular complexity index is 1710. The van der Waals surface area contributed by atoms with Crippen molar-refractivity contribution >= 4 is 29.1 Å². The van der Waals surface area contributed by atoms with Crippen LogP contribution in [0.2, 0.25) is 10.0 Å². The molecule has 3 N–H and O–H groups in total. The second-order valence-electron chi connectivity index (χ2n) is 11.0. The maximum absolute atomic E-state index is 16.7. The van der Waals surface area contributed by atoms with Crippen molar-refractivity contribution in [1.82, 2.24) is 19.4 Å². The van der Waals surface area contributed by atoms with Gasteiger partial charge in [-0.3, -0.25) is 14.7 Å². The molecule has 0 saturated heterocycles. The number of ether oxygens (including phenoxy) is 1. The molecule has 4 aromatic rings. The lowest BCUT2D eigenvalue weighted by Gasteiger charge is -2.45. The maximum Gasteiger partial charge on any atom is 0.257 e. The van der Waals surface area contributed by atoms with Gasteiger partial charge in [-0.25, -0.2) is 9.37 Å². The third-order valence-electron chi connectivity index (χ3n) is 8.27. The molecule has 1 amide bonds. The molecule has 2 aromatic heterocycles. The van der Waals surface area contributed by atoms with Gasteiger partial charge in [0.15, 0.2) is 0 Å². The highest BCUT2D eigenvalue weighted by Gasteiger charge is 2.57. The van der Waals surface area contributed by atoms with E-state index in [2.05, 4.69) is 9.97 Å². The van der Waals surface area contributed by atoms with E-state index in [1.807, 2.05) is 0 Å². The summed E-state index contributed by atoms with van der Waals surface area (Å²) >= 11 is 12.2. The molecule has 0 bridgehead atoms. The second-order valence-corrected chi connectivity index (χ2v) is 11.9. The number of halogens is 3. The van der Waals surface area contributed by atoms with Crippen molar-refractivity contribution in [2.45, 2.75) is 56.3 Å². The highest BCUT2D eigenvalue weighted by atomic mass is 35.5. The predicted octanol–water partition coefficient (Wildman–Crippen LogP) is 5.01. The first-order chi connectivity index (χ1) is 20.5. The van der Waals surface area contributed by atoms with E-state index in [-0.39, 0.29) is 59.0 Å². The zero-order valence-electron chi connectivity index (χ0n) is 23.3. The minimum Gasteiger partial charge on any atom is -0.506 e. The maximum atomic E-state index is 16.7. The number of aromatic nitrogens is 3. The van der Waals surface area contributed by atoms with E-state index in [1.165, 1.54) is 35.6 Å². The quantitative estimate of drug-likeness (QED) is 0.251. The fourth-order valence-corrected chi connectivity index (χ4v) is 6.17. The van der Waals surface area contributed by atoms with Crippen LogP contribution in [0.15, 0.2) is 61.2 Å². The van der Waals surface area contributed by atoms with E-state index >= 15 is 4.39 Å². The molecule has 9 nitrogen and oxygen atoms in total. The van der Waals surface area contributed by atoms with Crippen LogP contribution in [-0.4, -0.2) is 52.9 Å². The number of hydrogen-bond donors (Lipinski definition) is 3. The van der Waals surface area contributed by atoms with Crippen LogP contribution in [0.5, 0.6) is 5.75 Å². The Hall–Kier alpha value is -3.54. The van der Waals surface area contributed by atoms with E-state index in [1.54, 1.807) is 49.0 Å². The van der Waals surface area contributed by atoms with Crippen molar-refractivity contribution in [2.75, 3.05) is 0 Å². The SMILES string of the molecule is CCC(O)(c1cc(F)c2c(c1)C(=O)N(Cc1ncc(Cl)cc1O)[C@@]2(O[C@H]1C[C@@H](O)C1)c1ccc(Cl)cc1)c1cn(C)cn1. The Labute approximate surface area is 257 Å². The molecule has 6 rings (SSSR count). The summed E-state index contributed by atoms with van der Waals surface area (Å²) in [7, 11) is 1.76. The van der Waals surface area contributed by atoms with Crippen molar-refractivity contribution in [3.8, 4) is 5.75 Å². The van der Waals surface area contributed by atoms with Crippen molar-refractivity contribution in [3.05, 3.63) is 111 Å². The molecular formula is C31H29Cl2FN4O5. The third-order valence-corrected chi connectivity index (χ3v) is 8.73. The number of carbonyl (C=O) groups excluding carboxylic acids is 1. The molecule has 1 unspecified atom stereocenters. The largest absolute Gasteiger partial charge is 0.506 e. The molecule has 2 aliphatic rings. The first-order valence-electron chi connectivity index (χ1n) is 13.8. The number of aliphatic hydroxyl groups excluding tert-OH is 1. The summed E-state index contributed by atoms with van der Waals surface area (Å²) in [5, 5.41) is 33.2. The summed E-state index contributed by atoms with van der Waals surface area (Å²) in [6.45, 7) is 1.47. The molecule has 0 radical (unpaired) electrons. The van der Waals surface area contributed by atoms with Crippen molar-refractivity contribution in [1.29, 1.82) is 0 Å². The lowest BCUT2D eigenvalue weighted by molar-refractivity contribution is -0.191. The van der Waals surface area contributed by atoms with Gasteiger partial charge in [-0.05, 0) is 49.1 Å². The van der Waals surface area contributed by atoms with Crippen LogP contribution in [0.25, 0.3) is 0 Å². The molecule has 3 heterocycles. The summed E-state index contributed by atoms with van der Waals surface area (Å²) in [4.78, 5) is 24.3. The van der Waals surface area contributed by atoms with Crippen LogP contribution in [0.1, 0.15) is 64.6 Å². The van der Waals surface area contributed by atoms with E-state index < -0.39 is 35.3 Å². The Kier molecular flexibility index (Phi) is 7.46. The summed E-state index contributed by atoms with van der Waals surface area (Å²) in [6.07, 6.45) is 4.12. The molecule has 1 aliphatic carbocycles. The summed E-state index contributed by atoms with van der Waals surface area (Å²) in [6, 6.07) is 10.5. The zero-order valence-corrected chi connectivity index (χ0v) is 24.8. The number of pyridine rings is 1. The molecule has 12 heteroatoms. The van der Waals surface area contributed by atoms with E-state index in [0.717, 1.165) is 0 Å². The van der Waals surface area contributed by atoms with Crippen LogP contribution >= 0.6 is 23.2 Å². The number of hydrogen-bond acceptors (Lipinski definition) is 7. The fraction of sp³-hybridized carbons (Fsp3) is 0.323. The zero-order chi connectivity index (χ0) is 30.7. The molecule has 1 aliphatic heterocycles. The molecule has 0 spiro atoms. The molecule has 1 fully saturated rings. The first kappa shape index (κ1) is 29.5. The summed E-state index contributed by atoms with van der Waals surface area (Å²) in [5.41, 5.74) is -2.63. The van der Waals surface area contributed by atoms with Gasteiger partial charge in [-0.2, -0.15) is 0 Å². The third kappa shape index (κ3) is 4.87. The number of amides is 1. The van der Waals surface area contributed by atoms with Gasteiger partial charge in [0.1, 0.15) is 22.9 Å². The molecule has 224 valence electrons. The van der Waals surface area contributed by atoms with Crippen LogP contribution in [0.4, 0.5) is 4.39 Å². The minimum atomic E-state index is -1.83. The number of aromatic hydroxyl groups is 1. The van der Waals surface area contributed by atoms with Gasteiger partial charge in [-0.15, -0.1) is 0 Å². The molecule has 2 aromatic carbocycles. The Morgan fingerprint density at radius 2 is 1.86 bits per heavy atom. The highest BCUT2D eigenvalue weighted by Crippen LogP contribution is 2.51. The average molecular weight is 628 g/mol. The number of aliphatic hydroxyl groups is 2. The highest BCUT2D eigenvalue weighted by molar-refractivity contribution is 6.30. The summed E-state index contributed by atoms with van der Waals surface area (Å²) < 4.78 is 25.0. The standard InChI is InChI=1S/C31H29Cl2FN4O5/c1-3-30(42,27-15-37(2)16-36-27)18-8-23-28(24(34)9-18)31(43-22-11-21(39)12-22,17-4-6-19(32)7-5-17)38(29(23)41)14-25-26(40)10-20(33)13-35-25/h4-10,13,15-16,21-22,39-40,42H,3,11-12,14H2,1-2H3/t21-,22+,30?,31-/m1/s1. The normalized spacial score (nSPS) is 22.8. The number of fused-ring (bicyclic) bond motifs is 1. The van der Waals surface area contributed by atoms with Gasteiger partial charge < -0.3 is 24.6 Å². The van der Waals surface area contributed by atoms with Crippen LogP contribution in [-0.2, 0) is 29.7 Å². The lowest BCUT2D eigenvalue weighted by atomic mass is 9.84. The number of carbonyl (C=O) groups is 1. The Morgan fingerprint density at radius 3 is 2.47 bits per heavy atom. The van der Waals surface area contributed by atoms with Crippen molar-refractivity contribution in [2.24, 2.45) is 7.05 Å². The topological polar surface area (TPSA) is 121 Å². The minimum absolute atomic E-state index is 0.0268. The Balaban J connectivity index is 1.59. The van der Waals surface area contributed by atoms with Gasteiger partial charge in [-0.1, -0.05) is 42.3 Å². The monoisotopic (exact) mass is 626 g/mol. The van der Waals surface area contributed by atoms with Crippen molar-refractivity contribution < 1.29 is 29.2 Å². The Morgan fingerprint density at radius 1 is 1.14 bits per heavy atom. The van der Waals surface area contributed by atoms with Crippen LogP contribution in [0.3, 0.4) is 0 Å².